The van der Waals surface area contributed by atoms with Gasteiger partial charge in [0, 0.05) is 43.5 Å². The first-order valence-electron chi connectivity index (χ1n) is 9.43. The smallest absolute Gasteiger partial charge is 0.251 e. The molecule has 27 heavy (non-hydrogen) atoms. The average molecular weight is 376 g/mol. The molecule has 6 nitrogen and oxygen atoms in total. The van der Waals surface area contributed by atoms with E-state index in [0.717, 1.165) is 48.7 Å². The molecule has 0 unspecified atom stereocenters. The van der Waals surface area contributed by atoms with Crippen LogP contribution < -0.4 is 10.6 Å². The maximum absolute atomic E-state index is 12.4. The Morgan fingerprint density at radius 1 is 1.15 bits per heavy atom. The summed E-state index contributed by atoms with van der Waals surface area (Å²) in [4.78, 5) is 14.8. The largest absolute Gasteiger partial charge is 0.370 e. The standard InChI is InChI=1S/C19H26F2N6/c1-2-7-22-19-10-16(24-13-25-19)14-3-4-18(23-11-14)26-15-5-8-27(9-6-15)12-17(20)21/h3-4,10-11,13,15,17H,2,5-9,12H2,1H3,(H,23,26)(H,22,24,25). The van der Waals surface area contributed by atoms with E-state index in [4.69, 9.17) is 0 Å². The molecule has 3 rings (SSSR count). The van der Waals surface area contributed by atoms with Gasteiger partial charge in [0.2, 0.25) is 0 Å². The molecule has 0 spiro atoms. The summed E-state index contributed by atoms with van der Waals surface area (Å²) in [6.45, 7) is 4.22. The first kappa shape index (κ1) is 19.4. The van der Waals surface area contributed by atoms with Gasteiger partial charge < -0.3 is 10.6 Å². The molecular formula is C19H26F2N6. The van der Waals surface area contributed by atoms with Crippen LogP contribution in [0, 0.1) is 0 Å². The third-order valence-corrected chi connectivity index (χ3v) is 4.62. The van der Waals surface area contributed by atoms with Crippen LogP contribution in [0.15, 0.2) is 30.7 Å². The van der Waals surface area contributed by atoms with Crippen LogP contribution in [0.25, 0.3) is 11.3 Å². The van der Waals surface area contributed by atoms with Crippen molar-refractivity contribution >= 4 is 11.6 Å². The van der Waals surface area contributed by atoms with Crippen molar-refractivity contribution < 1.29 is 8.78 Å². The van der Waals surface area contributed by atoms with E-state index in [2.05, 4.69) is 32.5 Å². The third-order valence-electron chi connectivity index (χ3n) is 4.62. The number of nitrogens with one attached hydrogen (secondary N) is 2. The molecule has 2 aromatic heterocycles. The molecule has 3 heterocycles. The van der Waals surface area contributed by atoms with E-state index in [1.165, 1.54) is 0 Å². The van der Waals surface area contributed by atoms with Crippen molar-refractivity contribution in [1.29, 1.82) is 0 Å². The number of alkyl halides is 2. The molecule has 0 aliphatic carbocycles. The van der Waals surface area contributed by atoms with Gasteiger partial charge in [0.1, 0.15) is 18.0 Å². The first-order valence-corrected chi connectivity index (χ1v) is 9.43. The van der Waals surface area contributed by atoms with Crippen LogP contribution in [0.2, 0.25) is 0 Å². The van der Waals surface area contributed by atoms with Crippen LogP contribution in [0.3, 0.4) is 0 Å². The molecular weight excluding hydrogens is 350 g/mol. The molecule has 1 aliphatic heterocycles. The van der Waals surface area contributed by atoms with E-state index in [9.17, 15) is 8.78 Å². The van der Waals surface area contributed by atoms with Crippen molar-refractivity contribution in [2.24, 2.45) is 0 Å². The number of likely N-dealkylation sites (tertiary alicyclic amines) is 1. The van der Waals surface area contributed by atoms with Crippen molar-refractivity contribution in [3.05, 3.63) is 30.7 Å². The van der Waals surface area contributed by atoms with Crippen molar-refractivity contribution in [3.8, 4) is 11.3 Å². The monoisotopic (exact) mass is 376 g/mol. The van der Waals surface area contributed by atoms with E-state index >= 15 is 0 Å². The highest BCUT2D eigenvalue weighted by Gasteiger charge is 2.21. The average Bonchev–Trinajstić information content (AvgIpc) is 2.68. The normalized spacial score (nSPS) is 15.9. The Morgan fingerprint density at radius 2 is 1.96 bits per heavy atom. The fourth-order valence-corrected chi connectivity index (χ4v) is 3.16. The van der Waals surface area contributed by atoms with Crippen LogP contribution in [0.1, 0.15) is 26.2 Å². The number of hydrogen-bond donors (Lipinski definition) is 2. The Kier molecular flexibility index (Phi) is 6.86. The Hall–Kier alpha value is -2.35. The highest BCUT2D eigenvalue weighted by atomic mass is 19.3. The number of aromatic nitrogens is 3. The minimum absolute atomic E-state index is 0.131. The number of pyridine rings is 1. The molecule has 0 aromatic carbocycles. The zero-order valence-corrected chi connectivity index (χ0v) is 15.5. The molecule has 2 aromatic rings. The van der Waals surface area contributed by atoms with Gasteiger partial charge in [0.15, 0.2) is 0 Å². The third kappa shape index (κ3) is 5.82. The lowest BCUT2D eigenvalue weighted by molar-refractivity contribution is 0.0769. The second-order valence-electron chi connectivity index (χ2n) is 6.76. The maximum Gasteiger partial charge on any atom is 0.251 e. The van der Waals surface area contributed by atoms with Crippen molar-refractivity contribution in [2.75, 3.05) is 36.8 Å². The number of hydrogen-bond acceptors (Lipinski definition) is 6. The molecule has 1 saturated heterocycles. The van der Waals surface area contributed by atoms with Gasteiger partial charge >= 0.3 is 0 Å². The summed E-state index contributed by atoms with van der Waals surface area (Å²) in [7, 11) is 0. The minimum Gasteiger partial charge on any atom is -0.370 e. The Labute approximate surface area is 158 Å². The lowest BCUT2D eigenvalue weighted by Gasteiger charge is -2.32. The molecule has 0 atom stereocenters. The number of anilines is 2. The Morgan fingerprint density at radius 3 is 2.63 bits per heavy atom. The molecule has 2 N–H and O–H groups in total. The van der Waals surface area contributed by atoms with Gasteiger partial charge in [-0.25, -0.2) is 23.7 Å². The van der Waals surface area contributed by atoms with Gasteiger partial charge in [-0.15, -0.1) is 0 Å². The van der Waals surface area contributed by atoms with Gasteiger partial charge in [0.05, 0.1) is 12.2 Å². The fraction of sp³-hybridized carbons (Fsp3) is 0.526. The maximum atomic E-state index is 12.4. The van der Waals surface area contributed by atoms with Crippen LogP contribution >= 0.6 is 0 Å². The molecule has 0 amide bonds. The Balaban J connectivity index is 1.55. The highest BCUT2D eigenvalue weighted by molar-refractivity contribution is 5.62. The SMILES string of the molecule is CCCNc1cc(-c2ccc(NC3CCN(CC(F)F)CC3)nc2)ncn1. The summed E-state index contributed by atoms with van der Waals surface area (Å²) in [5.41, 5.74) is 1.75. The van der Waals surface area contributed by atoms with Crippen molar-refractivity contribution in [1.82, 2.24) is 19.9 Å². The molecule has 0 bridgehead atoms. The number of halogens is 2. The van der Waals surface area contributed by atoms with Gasteiger partial charge in [-0.05, 0) is 31.4 Å². The van der Waals surface area contributed by atoms with Gasteiger partial charge in [-0.2, -0.15) is 0 Å². The second kappa shape index (κ2) is 9.55. The van der Waals surface area contributed by atoms with Crippen LogP contribution in [-0.4, -0.2) is 58.5 Å². The zero-order valence-electron chi connectivity index (χ0n) is 15.5. The van der Waals surface area contributed by atoms with Crippen molar-refractivity contribution in [3.63, 3.8) is 0 Å². The van der Waals surface area contributed by atoms with E-state index in [1.807, 2.05) is 23.1 Å². The fourth-order valence-electron chi connectivity index (χ4n) is 3.16. The first-order chi connectivity index (χ1) is 13.1. The van der Waals surface area contributed by atoms with Crippen molar-refractivity contribution in [2.45, 2.75) is 38.7 Å². The molecule has 0 saturated carbocycles. The summed E-state index contributed by atoms with van der Waals surface area (Å²) in [5.74, 6) is 1.60. The summed E-state index contributed by atoms with van der Waals surface area (Å²) >= 11 is 0. The van der Waals surface area contributed by atoms with Crippen LogP contribution in [-0.2, 0) is 0 Å². The predicted molar refractivity (Wildman–Crippen MR) is 103 cm³/mol. The number of rotatable bonds is 8. The summed E-state index contributed by atoms with van der Waals surface area (Å²) in [6, 6.07) is 6.09. The summed E-state index contributed by atoms with van der Waals surface area (Å²) in [6.07, 6.45) is 3.79. The van der Waals surface area contributed by atoms with E-state index in [0.29, 0.717) is 13.1 Å². The predicted octanol–water partition coefficient (Wildman–Crippen LogP) is 3.50. The molecule has 8 heteroatoms. The molecule has 1 aliphatic rings. The van der Waals surface area contributed by atoms with E-state index < -0.39 is 6.43 Å². The summed E-state index contributed by atoms with van der Waals surface area (Å²) in [5, 5.41) is 6.65. The molecule has 0 radical (unpaired) electrons. The second-order valence-corrected chi connectivity index (χ2v) is 6.76. The number of nitrogens with zero attached hydrogens (tertiary/aromatic N) is 4. The zero-order chi connectivity index (χ0) is 19.1. The molecule has 146 valence electrons. The lowest BCUT2D eigenvalue weighted by Crippen LogP contribution is -2.41. The Bertz CT molecular complexity index is 702. The molecule has 1 fully saturated rings. The minimum atomic E-state index is -2.26. The van der Waals surface area contributed by atoms with Crippen LogP contribution in [0.5, 0.6) is 0 Å². The summed E-state index contributed by atoms with van der Waals surface area (Å²) < 4.78 is 24.9. The highest BCUT2D eigenvalue weighted by Crippen LogP contribution is 2.21. The topological polar surface area (TPSA) is 66.0 Å². The van der Waals surface area contributed by atoms with E-state index in [-0.39, 0.29) is 12.6 Å². The van der Waals surface area contributed by atoms with E-state index in [1.54, 1.807) is 12.5 Å². The van der Waals surface area contributed by atoms with Gasteiger partial charge in [-0.3, -0.25) is 4.90 Å². The van der Waals surface area contributed by atoms with Gasteiger partial charge in [0.25, 0.3) is 6.43 Å². The number of piperidine rings is 1. The van der Waals surface area contributed by atoms with Gasteiger partial charge in [-0.1, -0.05) is 6.92 Å². The van der Waals surface area contributed by atoms with Crippen LogP contribution in [0.4, 0.5) is 20.4 Å². The quantitative estimate of drug-likeness (QED) is 0.735. The lowest BCUT2D eigenvalue weighted by atomic mass is 10.1.